The molecule has 0 atom stereocenters. The van der Waals surface area contributed by atoms with E-state index >= 15 is 0 Å². The fourth-order valence-electron chi connectivity index (χ4n) is 5.12. The molecule has 8 rings (SSSR count). The van der Waals surface area contributed by atoms with E-state index < -0.39 is 0 Å². The van der Waals surface area contributed by atoms with Crippen LogP contribution in [-0.4, -0.2) is 39.3 Å². The molecule has 0 spiro atoms. The fraction of sp³-hybridized carbons (Fsp3) is 0. The van der Waals surface area contributed by atoms with Crippen molar-refractivity contribution in [2.75, 3.05) is 0 Å². The zero-order valence-corrected chi connectivity index (χ0v) is 21.6. The fourth-order valence-corrected chi connectivity index (χ4v) is 5.12. The summed E-state index contributed by atoms with van der Waals surface area (Å²) in [7, 11) is 0. The molecule has 0 saturated carbocycles. The molecular formula is C33H20N8. The molecule has 8 nitrogen and oxygen atoms in total. The van der Waals surface area contributed by atoms with Crippen molar-refractivity contribution >= 4 is 27.6 Å². The third kappa shape index (κ3) is 3.97. The monoisotopic (exact) mass is 528 g/mol. The zero-order chi connectivity index (χ0) is 27.2. The molecule has 0 aliphatic heterocycles. The average molecular weight is 529 g/mol. The van der Waals surface area contributed by atoms with E-state index in [1.807, 2.05) is 77.3 Å². The van der Waals surface area contributed by atoms with Crippen molar-refractivity contribution in [3.63, 3.8) is 0 Å². The van der Waals surface area contributed by atoms with Crippen molar-refractivity contribution in [2.24, 2.45) is 0 Å². The van der Waals surface area contributed by atoms with Gasteiger partial charge in [0.1, 0.15) is 11.2 Å². The lowest BCUT2D eigenvalue weighted by atomic mass is 10.0. The van der Waals surface area contributed by atoms with Gasteiger partial charge in [-0.2, -0.15) is 0 Å². The van der Waals surface area contributed by atoms with Gasteiger partial charge in [-0.25, -0.2) is 24.9 Å². The maximum absolute atomic E-state index is 5.16. The van der Waals surface area contributed by atoms with Gasteiger partial charge in [0.05, 0.1) is 5.69 Å². The van der Waals surface area contributed by atoms with Gasteiger partial charge in [-0.3, -0.25) is 14.4 Å². The normalized spacial score (nSPS) is 11.4. The van der Waals surface area contributed by atoms with Crippen LogP contribution in [0.3, 0.4) is 0 Å². The molecule has 0 bridgehead atoms. The van der Waals surface area contributed by atoms with Crippen molar-refractivity contribution in [2.45, 2.75) is 0 Å². The Morgan fingerprint density at radius 3 is 2.05 bits per heavy atom. The predicted molar refractivity (Wildman–Crippen MR) is 159 cm³/mol. The Hall–Kier alpha value is -5.89. The lowest BCUT2D eigenvalue weighted by molar-refractivity contribution is 1.07. The first-order valence-corrected chi connectivity index (χ1v) is 13.1. The topological polar surface area (TPSA) is 94.6 Å². The lowest BCUT2D eigenvalue weighted by Gasteiger charge is -2.11. The summed E-state index contributed by atoms with van der Waals surface area (Å²) in [6.07, 6.45) is 8.95. The number of benzene rings is 2. The van der Waals surface area contributed by atoms with Crippen LogP contribution in [0.2, 0.25) is 0 Å². The van der Waals surface area contributed by atoms with E-state index in [1.54, 1.807) is 24.8 Å². The van der Waals surface area contributed by atoms with Crippen LogP contribution < -0.4 is 0 Å². The first kappa shape index (κ1) is 23.0. The second-order valence-corrected chi connectivity index (χ2v) is 9.58. The molecular weight excluding hydrogens is 508 g/mol. The second-order valence-electron chi connectivity index (χ2n) is 9.58. The Balaban J connectivity index is 1.34. The molecule has 0 amide bonds. The smallest absolute Gasteiger partial charge is 0.165 e. The van der Waals surface area contributed by atoms with Crippen molar-refractivity contribution in [3.05, 3.63) is 122 Å². The van der Waals surface area contributed by atoms with Crippen molar-refractivity contribution in [1.29, 1.82) is 0 Å². The molecule has 8 heteroatoms. The van der Waals surface area contributed by atoms with Crippen molar-refractivity contribution < 1.29 is 0 Å². The molecule has 0 radical (unpaired) electrons. The van der Waals surface area contributed by atoms with Crippen LogP contribution in [0.25, 0.3) is 73.0 Å². The number of pyridine rings is 4. The summed E-state index contributed by atoms with van der Waals surface area (Å²) in [5, 5.41) is 2.09. The summed E-state index contributed by atoms with van der Waals surface area (Å²) in [6.45, 7) is 0. The minimum atomic E-state index is 0.552. The van der Waals surface area contributed by atoms with Crippen molar-refractivity contribution in [3.8, 4) is 45.4 Å². The largest absolute Gasteiger partial charge is 0.284 e. The molecule has 0 aliphatic carbocycles. The first-order chi connectivity index (χ1) is 20.3. The maximum Gasteiger partial charge on any atom is 0.165 e. The SMILES string of the molecule is c1cncc(-c2nc(-c3ccncc3)nc(-c3cccc(-c4nc5c(nc6ccccn65)c5ccccc45)c3)n2)c1. The number of fused-ring (bicyclic) bond motifs is 5. The Morgan fingerprint density at radius 2 is 1.22 bits per heavy atom. The molecule has 2 aromatic carbocycles. The van der Waals surface area contributed by atoms with Gasteiger partial charge in [0.15, 0.2) is 23.1 Å². The van der Waals surface area contributed by atoms with Gasteiger partial charge in [-0.1, -0.05) is 48.5 Å². The van der Waals surface area contributed by atoms with E-state index in [4.69, 9.17) is 24.9 Å². The van der Waals surface area contributed by atoms with E-state index in [-0.39, 0.29) is 0 Å². The minimum Gasteiger partial charge on any atom is -0.284 e. The van der Waals surface area contributed by atoms with Crippen LogP contribution in [-0.2, 0) is 0 Å². The molecule has 0 fully saturated rings. The summed E-state index contributed by atoms with van der Waals surface area (Å²) in [5.41, 5.74) is 6.92. The third-order valence-corrected chi connectivity index (χ3v) is 7.05. The number of rotatable bonds is 4. The third-order valence-electron chi connectivity index (χ3n) is 7.05. The second kappa shape index (κ2) is 9.39. The van der Waals surface area contributed by atoms with Crippen LogP contribution in [0.15, 0.2) is 122 Å². The molecule has 41 heavy (non-hydrogen) atoms. The van der Waals surface area contributed by atoms with Crippen LogP contribution >= 0.6 is 0 Å². The van der Waals surface area contributed by atoms with E-state index in [2.05, 4.69) is 34.2 Å². The Bertz CT molecular complexity index is 2150. The quantitative estimate of drug-likeness (QED) is 0.251. The van der Waals surface area contributed by atoms with Crippen LogP contribution in [0, 0.1) is 0 Å². The summed E-state index contributed by atoms with van der Waals surface area (Å²) in [6, 6.07) is 30.0. The van der Waals surface area contributed by atoms with Gasteiger partial charge in [0.25, 0.3) is 0 Å². The molecule has 192 valence electrons. The summed E-state index contributed by atoms with van der Waals surface area (Å²) in [4.78, 5) is 33.0. The van der Waals surface area contributed by atoms with Gasteiger partial charge in [0.2, 0.25) is 0 Å². The van der Waals surface area contributed by atoms with E-state index in [1.165, 1.54) is 0 Å². The molecule has 0 aliphatic rings. The predicted octanol–water partition coefficient (Wildman–Crippen LogP) is 6.68. The molecule has 6 heterocycles. The van der Waals surface area contributed by atoms with Gasteiger partial charge in [-0.15, -0.1) is 0 Å². The van der Waals surface area contributed by atoms with Crippen molar-refractivity contribution in [1.82, 2.24) is 39.3 Å². The lowest BCUT2D eigenvalue weighted by Crippen LogP contribution is -2.00. The summed E-state index contributed by atoms with van der Waals surface area (Å²) >= 11 is 0. The summed E-state index contributed by atoms with van der Waals surface area (Å²) < 4.78 is 2.03. The van der Waals surface area contributed by atoms with Crippen LogP contribution in [0.4, 0.5) is 0 Å². The number of hydrogen-bond donors (Lipinski definition) is 0. The number of hydrogen-bond acceptors (Lipinski definition) is 7. The molecule has 0 unspecified atom stereocenters. The first-order valence-electron chi connectivity index (χ1n) is 13.1. The van der Waals surface area contributed by atoms with E-state index in [9.17, 15) is 0 Å². The Morgan fingerprint density at radius 1 is 0.488 bits per heavy atom. The maximum atomic E-state index is 5.16. The highest BCUT2D eigenvalue weighted by Crippen LogP contribution is 2.34. The number of nitrogens with zero attached hydrogens (tertiary/aromatic N) is 8. The number of imidazole rings is 1. The highest BCUT2D eigenvalue weighted by atomic mass is 15.1. The average Bonchev–Trinajstić information content (AvgIpc) is 3.44. The minimum absolute atomic E-state index is 0.552. The van der Waals surface area contributed by atoms with Crippen LogP contribution in [0.1, 0.15) is 0 Å². The summed E-state index contributed by atoms with van der Waals surface area (Å²) in [5.74, 6) is 1.68. The molecule has 6 aromatic heterocycles. The van der Waals surface area contributed by atoms with Gasteiger partial charge < -0.3 is 0 Å². The van der Waals surface area contributed by atoms with Gasteiger partial charge in [-0.05, 0) is 42.5 Å². The Kier molecular flexibility index (Phi) is 5.28. The Labute approximate surface area is 234 Å². The standard InChI is InChI=1S/C33H20N8/c1-2-11-26-25(10-1)28(37-33-29(26)36-27-12-3-4-18-41(27)33)22-7-5-8-23(19-22)31-38-30(21-13-16-34-17-14-21)39-32(40-31)24-9-6-15-35-20-24/h1-20H. The van der Waals surface area contributed by atoms with E-state index in [0.29, 0.717) is 17.5 Å². The zero-order valence-electron chi connectivity index (χ0n) is 21.6. The molecule has 8 aromatic rings. The highest BCUT2D eigenvalue weighted by molar-refractivity contribution is 6.09. The van der Waals surface area contributed by atoms with E-state index in [0.717, 1.165) is 55.5 Å². The van der Waals surface area contributed by atoms with Gasteiger partial charge in [0, 0.05) is 64.0 Å². The van der Waals surface area contributed by atoms with Gasteiger partial charge >= 0.3 is 0 Å². The molecule has 0 saturated heterocycles. The number of aromatic nitrogens is 8. The van der Waals surface area contributed by atoms with Crippen LogP contribution in [0.5, 0.6) is 0 Å². The highest BCUT2D eigenvalue weighted by Gasteiger charge is 2.17. The molecule has 0 N–H and O–H groups in total.